The van der Waals surface area contributed by atoms with E-state index in [1.807, 2.05) is 12.1 Å². The monoisotopic (exact) mass is 276 g/mol. The minimum absolute atomic E-state index is 0.0167. The van der Waals surface area contributed by atoms with Gasteiger partial charge in [-0.15, -0.1) is 23.1 Å². The Morgan fingerprint density at radius 1 is 1.62 bits per heavy atom. The van der Waals surface area contributed by atoms with E-state index in [0.29, 0.717) is 6.54 Å². The van der Waals surface area contributed by atoms with Crippen molar-refractivity contribution in [2.45, 2.75) is 12.5 Å². The van der Waals surface area contributed by atoms with Crippen LogP contribution >= 0.6 is 34.7 Å². The molecule has 0 radical (unpaired) electrons. The third kappa shape index (κ3) is 3.38. The van der Waals surface area contributed by atoms with Crippen molar-refractivity contribution >= 4 is 40.6 Å². The molecule has 0 bridgehead atoms. The molecule has 3 nitrogen and oxygen atoms in total. The highest BCUT2D eigenvalue weighted by atomic mass is 35.5. The molecule has 0 spiro atoms. The fraction of sp³-hybridized carbons (Fsp3) is 0.500. The lowest BCUT2D eigenvalue weighted by Gasteiger charge is -2.09. The lowest BCUT2D eigenvalue weighted by molar-refractivity contribution is -0.122. The van der Waals surface area contributed by atoms with Crippen LogP contribution in [0.15, 0.2) is 12.1 Å². The van der Waals surface area contributed by atoms with E-state index in [1.54, 1.807) is 23.1 Å². The Labute approximate surface area is 108 Å². The van der Waals surface area contributed by atoms with Crippen molar-refractivity contribution < 1.29 is 4.79 Å². The van der Waals surface area contributed by atoms with Gasteiger partial charge in [-0.2, -0.15) is 0 Å². The Kier molecular flexibility index (Phi) is 4.52. The van der Waals surface area contributed by atoms with Crippen LogP contribution in [0.4, 0.5) is 0 Å². The third-order valence-electron chi connectivity index (χ3n) is 2.33. The van der Waals surface area contributed by atoms with Gasteiger partial charge < -0.3 is 5.32 Å². The summed E-state index contributed by atoms with van der Waals surface area (Å²) in [4.78, 5) is 12.8. The second kappa shape index (κ2) is 5.91. The van der Waals surface area contributed by atoms with Crippen LogP contribution in [0.1, 0.15) is 4.88 Å². The second-order valence-electron chi connectivity index (χ2n) is 3.52. The largest absolute Gasteiger partial charge is 0.354 e. The normalized spacial score (nSPS) is 19.9. The van der Waals surface area contributed by atoms with Crippen molar-refractivity contribution in [3.05, 3.63) is 21.3 Å². The number of rotatable bonds is 4. The van der Waals surface area contributed by atoms with E-state index in [-0.39, 0.29) is 11.9 Å². The van der Waals surface area contributed by atoms with Crippen molar-refractivity contribution in [3.63, 3.8) is 0 Å². The number of amides is 1. The van der Waals surface area contributed by atoms with Crippen LogP contribution in [0.25, 0.3) is 0 Å². The molecule has 1 aliphatic heterocycles. The topological polar surface area (TPSA) is 41.1 Å². The average Bonchev–Trinajstić information content (AvgIpc) is 2.89. The van der Waals surface area contributed by atoms with Gasteiger partial charge in [-0.1, -0.05) is 11.6 Å². The fourth-order valence-corrected chi connectivity index (χ4v) is 3.51. The van der Waals surface area contributed by atoms with Crippen molar-refractivity contribution in [1.82, 2.24) is 10.6 Å². The van der Waals surface area contributed by atoms with Gasteiger partial charge in [0.25, 0.3) is 0 Å². The lowest BCUT2D eigenvalue weighted by Crippen LogP contribution is -2.42. The van der Waals surface area contributed by atoms with Crippen LogP contribution < -0.4 is 10.6 Å². The van der Waals surface area contributed by atoms with Crippen LogP contribution in [-0.4, -0.2) is 30.1 Å². The molecular weight excluding hydrogens is 264 g/mol. The van der Waals surface area contributed by atoms with E-state index < -0.39 is 0 Å². The van der Waals surface area contributed by atoms with Crippen molar-refractivity contribution in [3.8, 4) is 0 Å². The first-order valence-corrected chi connectivity index (χ1v) is 7.43. The van der Waals surface area contributed by atoms with Crippen molar-refractivity contribution in [2.24, 2.45) is 0 Å². The van der Waals surface area contributed by atoms with Gasteiger partial charge in [0.05, 0.1) is 10.4 Å². The predicted molar refractivity (Wildman–Crippen MR) is 70.3 cm³/mol. The summed E-state index contributed by atoms with van der Waals surface area (Å²) in [7, 11) is 0. The Morgan fingerprint density at radius 3 is 3.12 bits per heavy atom. The average molecular weight is 277 g/mol. The maximum Gasteiger partial charge on any atom is 0.238 e. The zero-order valence-corrected chi connectivity index (χ0v) is 11.1. The zero-order valence-electron chi connectivity index (χ0n) is 8.66. The van der Waals surface area contributed by atoms with Gasteiger partial charge in [0.1, 0.15) is 0 Å². The summed E-state index contributed by atoms with van der Waals surface area (Å²) in [5, 5.41) is 6.07. The van der Waals surface area contributed by atoms with Crippen LogP contribution in [0, 0.1) is 0 Å². The Hall–Kier alpha value is -0.230. The first-order chi connectivity index (χ1) is 7.75. The molecule has 1 fully saturated rings. The van der Waals surface area contributed by atoms with E-state index in [0.717, 1.165) is 22.4 Å². The van der Waals surface area contributed by atoms with Gasteiger partial charge in [0.2, 0.25) is 5.91 Å². The molecule has 2 heterocycles. The molecule has 6 heteroatoms. The summed E-state index contributed by atoms with van der Waals surface area (Å²) in [6, 6.07) is 3.87. The summed E-state index contributed by atoms with van der Waals surface area (Å²) in [5.41, 5.74) is 0. The molecule has 0 saturated carbocycles. The number of hydrogen-bond acceptors (Lipinski definition) is 4. The number of carbonyl (C=O) groups is 1. The second-order valence-corrected chi connectivity index (χ2v) is 6.35. The van der Waals surface area contributed by atoms with Crippen LogP contribution in [0.3, 0.4) is 0 Å². The molecule has 0 aliphatic carbocycles. The van der Waals surface area contributed by atoms with Crippen LogP contribution in [-0.2, 0) is 11.2 Å². The minimum Gasteiger partial charge on any atom is -0.354 e. The maximum atomic E-state index is 11.6. The van der Waals surface area contributed by atoms with Crippen molar-refractivity contribution in [2.75, 3.05) is 18.2 Å². The molecule has 1 amide bonds. The van der Waals surface area contributed by atoms with Gasteiger partial charge in [-0.25, -0.2) is 0 Å². The third-order valence-corrected chi connectivity index (χ3v) is 4.56. The molecule has 1 saturated heterocycles. The first kappa shape index (κ1) is 12.2. The Bertz CT molecular complexity index is 363. The molecule has 1 unspecified atom stereocenters. The Morgan fingerprint density at radius 2 is 2.50 bits per heavy atom. The number of thiophene rings is 1. The molecule has 88 valence electrons. The fourth-order valence-electron chi connectivity index (χ4n) is 1.48. The molecule has 1 aromatic rings. The zero-order chi connectivity index (χ0) is 11.4. The number of nitrogens with one attached hydrogen (secondary N) is 2. The molecular formula is C10H13ClN2OS2. The van der Waals surface area contributed by atoms with Gasteiger partial charge in [-0.3, -0.25) is 10.1 Å². The first-order valence-electron chi connectivity index (χ1n) is 5.09. The highest BCUT2D eigenvalue weighted by Gasteiger charge is 2.21. The quantitative estimate of drug-likeness (QED) is 0.880. The highest BCUT2D eigenvalue weighted by Crippen LogP contribution is 2.21. The molecule has 1 aromatic heterocycles. The number of carbonyl (C=O) groups excluding carboxylic acids is 1. The van der Waals surface area contributed by atoms with Gasteiger partial charge in [-0.05, 0) is 18.6 Å². The van der Waals surface area contributed by atoms with Gasteiger partial charge in [0, 0.05) is 23.1 Å². The molecule has 1 atom stereocenters. The standard InChI is InChI=1S/C10H13ClN2OS2/c11-9-2-1-7(16-9)3-4-12-10(14)8-5-15-6-13-8/h1-2,8,13H,3-6H2,(H,12,14). The van der Waals surface area contributed by atoms with Crippen molar-refractivity contribution in [1.29, 1.82) is 0 Å². The van der Waals surface area contributed by atoms with Gasteiger partial charge in [0.15, 0.2) is 0 Å². The van der Waals surface area contributed by atoms with E-state index in [1.165, 1.54) is 4.88 Å². The summed E-state index contributed by atoms with van der Waals surface area (Å²) >= 11 is 9.15. The van der Waals surface area contributed by atoms with Gasteiger partial charge >= 0.3 is 0 Å². The van der Waals surface area contributed by atoms with E-state index in [9.17, 15) is 4.79 Å². The highest BCUT2D eigenvalue weighted by molar-refractivity contribution is 7.99. The number of hydrogen-bond donors (Lipinski definition) is 2. The summed E-state index contributed by atoms with van der Waals surface area (Å²) in [6.45, 7) is 0.679. The summed E-state index contributed by atoms with van der Waals surface area (Å²) in [5.74, 6) is 1.85. The SMILES string of the molecule is O=C(NCCc1ccc(Cl)s1)C1CSCN1. The van der Waals surface area contributed by atoms with E-state index >= 15 is 0 Å². The summed E-state index contributed by atoms with van der Waals surface area (Å²) in [6.07, 6.45) is 0.850. The molecule has 16 heavy (non-hydrogen) atoms. The minimum atomic E-state index is -0.0167. The molecule has 1 aliphatic rings. The number of halogens is 1. The van der Waals surface area contributed by atoms with Crippen LogP contribution in [0.5, 0.6) is 0 Å². The maximum absolute atomic E-state index is 11.6. The molecule has 0 aromatic carbocycles. The van der Waals surface area contributed by atoms with E-state index in [4.69, 9.17) is 11.6 Å². The van der Waals surface area contributed by atoms with E-state index in [2.05, 4.69) is 10.6 Å². The smallest absolute Gasteiger partial charge is 0.238 e. The molecule has 2 rings (SSSR count). The summed E-state index contributed by atoms with van der Waals surface area (Å²) < 4.78 is 0.801. The lowest BCUT2D eigenvalue weighted by atomic mass is 10.3. The Balaban J connectivity index is 1.69. The molecule has 2 N–H and O–H groups in total. The predicted octanol–water partition coefficient (Wildman–Crippen LogP) is 1.72. The van der Waals surface area contributed by atoms with Crippen LogP contribution in [0.2, 0.25) is 4.34 Å². The number of thioether (sulfide) groups is 1.